The van der Waals surface area contributed by atoms with Crippen LogP contribution in [0.25, 0.3) is 10.9 Å². The Labute approximate surface area is 203 Å². The van der Waals surface area contributed by atoms with Crippen LogP contribution in [0.4, 0.5) is 4.79 Å². The van der Waals surface area contributed by atoms with Gasteiger partial charge in [-0.2, -0.15) is 5.10 Å². The number of aromatic nitrogens is 2. The van der Waals surface area contributed by atoms with Crippen molar-refractivity contribution >= 4 is 34.7 Å². The number of piperazine rings is 1. The average molecular weight is 486 g/mol. The van der Waals surface area contributed by atoms with Crippen LogP contribution < -0.4 is 10.1 Å². The highest BCUT2D eigenvalue weighted by atomic mass is 16.6. The maximum Gasteiger partial charge on any atom is 0.410 e. The average Bonchev–Trinajstić information content (AvgIpc) is 3.12. The lowest BCUT2D eigenvalue weighted by Gasteiger charge is -2.35. The zero-order chi connectivity index (χ0) is 25.3. The first-order valence-electron chi connectivity index (χ1n) is 11.7. The molecule has 1 atom stereocenters. The molecule has 1 aromatic carbocycles. The quantitative estimate of drug-likeness (QED) is 0.652. The third kappa shape index (κ3) is 5.55. The first kappa shape index (κ1) is 24.5. The van der Waals surface area contributed by atoms with Crippen molar-refractivity contribution in [3.8, 4) is 5.75 Å². The van der Waals surface area contributed by atoms with Gasteiger partial charge in [0.2, 0.25) is 11.8 Å². The van der Waals surface area contributed by atoms with Crippen LogP contribution in [0, 0.1) is 0 Å². The van der Waals surface area contributed by atoms with Gasteiger partial charge in [-0.15, -0.1) is 0 Å². The smallest absolute Gasteiger partial charge is 0.410 e. The number of ether oxygens (including phenoxy) is 2. The fraction of sp³-hybridized carbons (Fsp3) is 0.542. The van der Waals surface area contributed by atoms with E-state index in [9.17, 15) is 19.2 Å². The summed E-state index contributed by atoms with van der Waals surface area (Å²) in [5.41, 5.74) is 0.828. The number of nitrogens with zero attached hydrogens (tertiary/aromatic N) is 4. The van der Waals surface area contributed by atoms with E-state index in [1.165, 1.54) is 0 Å². The van der Waals surface area contributed by atoms with E-state index >= 15 is 0 Å². The SMILES string of the molecule is Cn1nc(C2CCC(=O)NC2=O)c2ccc(OCC(=O)N3CCN(C(=O)OC(C)(C)C)CC3)cc21. The second-order valence-corrected chi connectivity index (χ2v) is 9.83. The maximum atomic E-state index is 12.7. The largest absolute Gasteiger partial charge is 0.484 e. The number of imide groups is 1. The second-order valence-electron chi connectivity index (χ2n) is 9.83. The molecule has 2 saturated heterocycles. The van der Waals surface area contributed by atoms with E-state index in [4.69, 9.17) is 9.47 Å². The molecule has 2 aromatic rings. The van der Waals surface area contributed by atoms with Crippen molar-refractivity contribution in [2.75, 3.05) is 32.8 Å². The predicted molar refractivity (Wildman–Crippen MR) is 126 cm³/mol. The van der Waals surface area contributed by atoms with Crippen molar-refractivity contribution < 1.29 is 28.7 Å². The normalized spacial score (nSPS) is 19.0. The van der Waals surface area contributed by atoms with Crippen molar-refractivity contribution in [2.24, 2.45) is 7.05 Å². The van der Waals surface area contributed by atoms with Gasteiger partial charge < -0.3 is 19.3 Å². The van der Waals surface area contributed by atoms with Gasteiger partial charge in [0.25, 0.3) is 5.91 Å². The molecule has 3 heterocycles. The Hall–Kier alpha value is -3.63. The summed E-state index contributed by atoms with van der Waals surface area (Å²) in [6.07, 6.45) is 0.330. The minimum atomic E-state index is -0.560. The van der Waals surface area contributed by atoms with Crippen LogP contribution >= 0.6 is 0 Å². The van der Waals surface area contributed by atoms with Crippen molar-refractivity contribution in [3.05, 3.63) is 23.9 Å². The number of benzene rings is 1. The topological polar surface area (TPSA) is 123 Å². The lowest BCUT2D eigenvalue weighted by atomic mass is 9.93. The van der Waals surface area contributed by atoms with Crippen LogP contribution in [-0.4, -0.2) is 81.8 Å². The van der Waals surface area contributed by atoms with Gasteiger partial charge in [0.05, 0.1) is 17.1 Å². The molecule has 35 heavy (non-hydrogen) atoms. The van der Waals surface area contributed by atoms with Gasteiger partial charge in [-0.1, -0.05) is 0 Å². The molecule has 2 fully saturated rings. The van der Waals surface area contributed by atoms with Gasteiger partial charge in [-0.05, 0) is 39.3 Å². The maximum absolute atomic E-state index is 12.7. The fourth-order valence-electron chi connectivity index (χ4n) is 4.27. The van der Waals surface area contributed by atoms with E-state index < -0.39 is 11.5 Å². The number of aryl methyl sites for hydroxylation is 1. The van der Waals surface area contributed by atoms with Gasteiger partial charge in [0.1, 0.15) is 11.4 Å². The number of hydrogen-bond acceptors (Lipinski definition) is 7. The van der Waals surface area contributed by atoms with Crippen LogP contribution in [0.2, 0.25) is 0 Å². The van der Waals surface area contributed by atoms with Crippen LogP contribution in [0.3, 0.4) is 0 Å². The minimum Gasteiger partial charge on any atom is -0.484 e. The molecular weight excluding hydrogens is 454 g/mol. The van der Waals surface area contributed by atoms with E-state index in [1.807, 2.05) is 26.8 Å². The highest BCUT2D eigenvalue weighted by Crippen LogP contribution is 2.32. The molecule has 1 unspecified atom stereocenters. The van der Waals surface area contributed by atoms with Crippen molar-refractivity contribution in [1.82, 2.24) is 24.9 Å². The van der Waals surface area contributed by atoms with E-state index in [2.05, 4.69) is 10.4 Å². The zero-order valence-electron chi connectivity index (χ0n) is 20.5. The molecule has 0 saturated carbocycles. The summed E-state index contributed by atoms with van der Waals surface area (Å²) in [5, 5.41) is 7.69. The molecule has 0 radical (unpaired) electrons. The van der Waals surface area contributed by atoms with E-state index in [1.54, 1.807) is 33.7 Å². The van der Waals surface area contributed by atoms with Crippen LogP contribution in [0.5, 0.6) is 5.75 Å². The van der Waals surface area contributed by atoms with Crippen LogP contribution in [0.1, 0.15) is 45.2 Å². The Kier molecular flexibility index (Phi) is 6.68. The Morgan fingerprint density at radius 2 is 1.80 bits per heavy atom. The number of fused-ring (bicyclic) bond motifs is 1. The second kappa shape index (κ2) is 9.55. The Morgan fingerprint density at radius 3 is 2.46 bits per heavy atom. The lowest BCUT2D eigenvalue weighted by Crippen LogP contribution is -2.52. The molecule has 0 aliphatic carbocycles. The summed E-state index contributed by atoms with van der Waals surface area (Å²) in [6.45, 7) is 6.97. The van der Waals surface area contributed by atoms with E-state index in [-0.39, 0.29) is 36.8 Å². The van der Waals surface area contributed by atoms with Gasteiger partial charge in [0.15, 0.2) is 6.61 Å². The third-order valence-corrected chi connectivity index (χ3v) is 6.07. The van der Waals surface area contributed by atoms with Crippen LogP contribution in [-0.2, 0) is 26.2 Å². The minimum absolute atomic E-state index is 0.129. The standard InChI is InChI=1S/C24H31N5O6/c1-24(2,3)35-23(33)29-11-9-28(10-12-29)20(31)14-34-15-5-6-16-18(13-15)27(4)26-21(16)17-7-8-19(30)25-22(17)32/h5-6,13,17H,7-12,14H2,1-4H3,(H,25,30,32). The Morgan fingerprint density at radius 1 is 1.11 bits per heavy atom. The van der Waals surface area contributed by atoms with E-state index in [0.717, 1.165) is 10.9 Å². The molecule has 2 aliphatic rings. The summed E-state index contributed by atoms with van der Waals surface area (Å²) in [6, 6.07) is 5.35. The number of rotatable bonds is 4. The highest BCUT2D eigenvalue weighted by Gasteiger charge is 2.32. The fourth-order valence-corrected chi connectivity index (χ4v) is 4.27. The van der Waals surface area contributed by atoms with Crippen molar-refractivity contribution in [3.63, 3.8) is 0 Å². The third-order valence-electron chi connectivity index (χ3n) is 6.07. The molecule has 0 bridgehead atoms. The molecule has 188 valence electrons. The predicted octanol–water partition coefficient (Wildman–Crippen LogP) is 1.55. The van der Waals surface area contributed by atoms with Crippen molar-refractivity contribution in [1.29, 1.82) is 0 Å². The number of nitrogens with one attached hydrogen (secondary N) is 1. The molecular formula is C24H31N5O6. The van der Waals surface area contributed by atoms with E-state index in [0.29, 0.717) is 44.0 Å². The Balaban J connectivity index is 1.35. The summed E-state index contributed by atoms with van der Waals surface area (Å²) in [5.74, 6) is -0.736. The molecule has 1 aromatic heterocycles. The molecule has 4 amide bonds. The van der Waals surface area contributed by atoms with Crippen molar-refractivity contribution in [2.45, 2.75) is 45.1 Å². The first-order chi connectivity index (χ1) is 16.5. The Bertz CT molecular complexity index is 1160. The molecule has 1 N–H and O–H groups in total. The van der Waals surface area contributed by atoms with Gasteiger partial charge in [-0.25, -0.2) is 4.79 Å². The van der Waals surface area contributed by atoms with Gasteiger partial charge in [-0.3, -0.25) is 24.4 Å². The molecule has 4 rings (SSSR count). The number of hydrogen-bond donors (Lipinski definition) is 1. The first-order valence-corrected chi connectivity index (χ1v) is 11.7. The summed E-state index contributed by atoms with van der Waals surface area (Å²) in [7, 11) is 1.77. The zero-order valence-corrected chi connectivity index (χ0v) is 20.5. The number of piperidine rings is 1. The van der Waals surface area contributed by atoms with Crippen LogP contribution in [0.15, 0.2) is 18.2 Å². The molecule has 2 aliphatic heterocycles. The highest BCUT2D eigenvalue weighted by molar-refractivity contribution is 6.02. The van der Waals surface area contributed by atoms with Gasteiger partial charge in [0, 0.05) is 51.1 Å². The monoisotopic (exact) mass is 485 g/mol. The summed E-state index contributed by atoms with van der Waals surface area (Å²) < 4.78 is 12.8. The molecule has 0 spiro atoms. The van der Waals surface area contributed by atoms with Gasteiger partial charge >= 0.3 is 6.09 Å². The number of carbonyl (C=O) groups is 4. The summed E-state index contributed by atoms with van der Waals surface area (Å²) >= 11 is 0. The summed E-state index contributed by atoms with van der Waals surface area (Å²) in [4.78, 5) is 51.9. The number of carbonyl (C=O) groups excluding carboxylic acids is 4. The lowest BCUT2D eigenvalue weighted by molar-refractivity contribution is -0.135. The number of amides is 4. The molecule has 11 heteroatoms. The molecule has 11 nitrogen and oxygen atoms in total.